The minimum absolute atomic E-state index is 0.0710. The van der Waals surface area contributed by atoms with Gasteiger partial charge < -0.3 is 10.2 Å². The Kier molecular flexibility index (Phi) is 6.60. The Balaban J connectivity index is 1.71. The van der Waals surface area contributed by atoms with Crippen LogP contribution in [-0.4, -0.2) is 25.5 Å². The Bertz CT molecular complexity index is 616. The molecule has 3 nitrogen and oxygen atoms in total. The van der Waals surface area contributed by atoms with Gasteiger partial charge in [-0.05, 0) is 43.2 Å². The van der Waals surface area contributed by atoms with Gasteiger partial charge >= 0.3 is 0 Å². The van der Waals surface area contributed by atoms with E-state index in [1.807, 2.05) is 18.2 Å². The van der Waals surface area contributed by atoms with Crippen molar-refractivity contribution in [2.45, 2.75) is 19.8 Å². The topological polar surface area (TPSA) is 32.3 Å². The predicted molar refractivity (Wildman–Crippen MR) is 92.1 cm³/mol. The Morgan fingerprint density at radius 3 is 2.61 bits per heavy atom. The number of hydrogen-bond donors (Lipinski definition) is 1. The largest absolute Gasteiger partial charge is 0.372 e. The number of halogens is 1. The van der Waals surface area contributed by atoms with Crippen molar-refractivity contribution < 1.29 is 9.18 Å². The lowest BCUT2D eigenvalue weighted by atomic mass is 10.1. The average Bonchev–Trinajstić information content (AvgIpc) is 2.56. The summed E-state index contributed by atoms with van der Waals surface area (Å²) in [5, 5.41) is 2.89. The zero-order valence-corrected chi connectivity index (χ0v) is 13.5. The third-order valence-electron chi connectivity index (χ3n) is 3.68. The molecule has 2 aromatic carbocycles. The summed E-state index contributed by atoms with van der Waals surface area (Å²) in [5.41, 5.74) is 1.89. The van der Waals surface area contributed by atoms with Crippen LogP contribution in [0.15, 0.2) is 54.6 Å². The molecule has 0 fully saturated rings. The zero-order chi connectivity index (χ0) is 16.5. The highest BCUT2D eigenvalue weighted by atomic mass is 19.1. The van der Waals surface area contributed by atoms with Crippen molar-refractivity contribution in [2.75, 3.05) is 24.5 Å². The molecule has 0 aliphatic heterocycles. The summed E-state index contributed by atoms with van der Waals surface area (Å²) >= 11 is 0. The first-order valence-electron chi connectivity index (χ1n) is 8.00. The van der Waals surface area contributed by atoms with Gasteiger partial charge in [-0.25, -0.2) is 4.39 Å². The number of amides is 1. The van der Waals surface area contributed by atoms with E-state index < -0.39 is 0 Å². The molecule has 0 radical (unpaired) electrons. The number of nitrogens with one attached hydrogen (secondary N) is 1. The number of nitrogens with zero attached hydrogens (tertiary/aromatic N) is 1. The van der Waals surface area contributed by atoms with E-state index in [9.17, 15) is 9.18 Å². The quantitative estimate of drug-likeness (QED) is 0.757. The fourth-order valence-electron chi connectivity index (χ4n) is 2.50. The highest BCUT2D eigenvalue weighted by Crippen LogP contribution is 2.12. The van der Waals surface area contributed by atoms with E-state index in [4.69, 9.17) is 0 Å². The van der Waals surface area contributed by atoms with Gasteiger partial charge in [-0.1, -0.05) is 30.3 Å². The number of para-hydroxylation sites is 1. The van der Waals surface area contributed by atoms with Crippen molar-refractivity contribution in [3.05, 3.63) is 66.0 Å². The first-order chi connectivity index (χ1) is 11.2. The smallest absolute Gasteiger partial charge is 0.224 e. The summed E-state index contributed by atoms with van der Waals surface area (Å²) in [7, 11) is 0. The van der Waals surface area contributed by atoms with Crippen molar-refractivity contribution in [1.29, 1.82) is 0 Å². The van der Waals surface area contributed by atoms with Gasteiger partial charge in [0.05, 0.1) is 6.42 Å². The summed E-state index contributed by atoms with van der Waals surface area (Å²) in [6.07, 6.45) is 1.09. The first-order valence-corrected chi connectivity index (χ1v) is 8.00. The van der Waals surface area contributed by atoms with Crippen LogP contribution in [0, 0.1) is 5.82 Å². The van der Waals surface area contributed by atoms with Gasteiger partial charge in [0.15, 0.2) is 0 Å². The molecule has 4 heteroatoms. The van der Waals surface area contributed by atoms with E-state index >= 15 is 0 Å². The van der Waals surface area contributed by atoms with Gasteiger partial charge in [0.25, 0.3) is 0 Å². The lowest BCUT2D eigenvalue weighted by Gasteiger charge is -2.23. The number of carbonyl (C=O) groups excluding carboxylic acids is 1. The average molecular weight is 314 g/mol. The van der Waals surface area contributed by atoms with E-state index in [1.165, 1.54) is 17.8 Å². The van der Waals surface area contributed by atoms with Crippen LogP contribution in [0.5, 0.6) is 0 Å². The molecule has 2 rings (SSSR count). The van der Waals surface area contributed by atoms with Crippen LogP contribution >= 0.6 is 0 Å². The van der Waals surface area contributed by atoms with Crippen molar-refractivity contribution in [3.63, 3.8) is 0 Å². The van der Waals surface area contributed by atoms with Crippen molar-refractivity contribution in [2.24, 2.45) is 0 Å². The fraction of sp³-hybridized carbons (Fsp3) is 0.316. The number of carbonyl (C=O) groups is 1. The Labute approximate surface area is 137 Å². The maximum absolute atomic E-state index is 13.1. The van der Waals surface area contributed by atoms with Crippen molar-refractivity contribution in [1.82, 2.24) is 5.32 Å². The molecule has 0 bridgehead atoms. The number of benzene rings is 2. The van der Waals surface area contributed by atoms with Gasteiger partial charge in [-0.3, -0.25) is 4.79 Å². The van der Waals surface area contributed by atoms with Gasteiger partial charge in [0.1, 0.15) is 5.82 Å². The molecule has 0 atom stereocenters. The van der Waals surface area contributed by atoms with Crippen molar-refractivity contribution >= 4 is 11.6 Å². The van der Waals surface area contributed by atoms with Crippen LogP contribution in [0.25, 0.3) is 0 Å². The maximum atomic E-state index is 13.1. The van der Waals surface area contributed by atoms with Crippen LogP contribution in [0.3, 0.4) is 0 Å². The summed E-state index contributed by atoms with van der Waals surface area (Å²) < 4.78 is 13.1. The second kappa shape index (κ2) is 8.93. The van der Waals surface area contributed by atoms with Gasteiger partial charge in [-0.15, -0.1) is 0 Å². The molecule has 1 N–H and O–H groups in total. The zero-order valence-electron chi connectivity index (χ0n) is 13.5. The highest BCUT2D eigenvalue weighted by Gasteiger charge is 2.06. The molecule has 0 aromatic heterocycles. The van der Waals surface area contributed by atoms with E-state index in [2.05, 4.69) is 29.3 Å². The molecule has 122 valence electrons. The molecule has 1 amide bonds. The highest BCUT2D eigenvalue weighted by molar-refractivity contribution is 5.78. The summed E-state index contributed by atoms with van der Waals surface area (Å²) in [4.78, 5) is 14.1. The molecular formula is C19H23FN2O. The molecule has 0 aliphatic carbocycles. The minimum atomic E-state index is -0.309. The molecule has 0 saturated carbocycles. The SMILES string of the molecule is CCN(CCCNC(=O)Cc1cccc(F)c1)c1ccccc1. The van der Waals surface area contributed by atoms with Crippen LogP contribution < -0.4 is 10.2 Å². The maximum Gasteiger partial charge on any atom is 0.224 e. The third kappa shape index (κ3) is 5.74. The van der Waals surface area contributed by atoms with Crippen LogP contribution in [0.2, 0.25) is 0 Å². The lowest BCUT2D eigenvalue weighted by molar-refractivity contribution is -0.120. The van der Waals surface area contributed by atoms with Crippen LogP contribution in [0.1, 0.15) is 18.9 Å². The van der Waals surface area contributed by atoms with Crippen LogP contribution in [-0.2, 0) is 11.2 Å². The normalized spacial score (nSPS) is 10.3. The summed E-state index contributed by atoms with van der Waals surface area (Å²) in [6, 6.07) is 16.4. The minimum Gasteiger partial charge on any atom is -0.372 e. The fourth-order valence-corrected chi connectivity index (χ4v) is 2.50. The summed E-state index contributed by atoms with van der Waals surface area (Å²) in [5.74, 6) is -0.380. The van der Waals surface area contributed by atoms with Crippen molar-refractivity contribution in [3.8, 4) is 0 Å². The number of anilines is 1. The van der Waals surface area contributed by atoms with E-state index in [-0.39, 0.29) is 18.1 Å². The molecule has 0 aliphatic rings. The molecule has 0 unspecified atom stereocenters. The van der Waals surface area contributed by atoms with E-state index in [1.54, 1.807) is 12.1 Å². The monoisotopic (exact) mass is 314 g/mol. The van der Waals surface area contributed by atoms with E-state index in [0.29, 0.717) is 12.1 Å². The Morgan fingerprint density at radius 1 is 1.13 bits per heavy atom. The molecule has 23 heavy (non-hydrogen) atoms. The second-order valence-electron chi connectivity index (χ2n) is 5.43. The lowest BCUT2D eigenvalue weighted by Crippen LogP contribution is -2.30. The third-order valence-corrected chi connectivity index (χ3v) is 3.68. The van der Waals surface area contributed by atoms with Gasteiger partial charge in [0.2, 0.25) is 5.91 Å². The first kappa shape index (κ1) is 17.0. The molecule has 0 saturated heterocycles. The van der Waals surface area contributed by atoms with Crippen LogP contribution in [0.4, 0.5) is 10.1 Å². The predicted octanol–water partition coefficient (Wildman–Crippen LogP) is 3.40. The molecule has 2 aromatic rings. The number of hydrogen-bond acceptors (Lipinski definition) is 2. The molecule has 0 heterocycles. The Morgan fingerprint density at radius 2 is 1.91 bits per heavy atom. The van der Waals surface area contributed by atoms with Gasteiger partial charge in [-0.2, -0.15) is 0 Å². The second-order valence-corrected chi connectivity index (χ2v) is 5.43. The standard InChI is InChI=1S/C19H23FN2O/c1-2-22(18-10-4-3-5-11-18)13-7-12-21-19(23)15-16-8-6-9-17(20)14-16/h3-6,8-11,14H,2,7,12-13,15H2,1H3,(H,21,23). The molecule has 0 spiro atoms. The summed E-state index contributed by atoms with van der Waals surface area (Å²) in [6.45, 7) is 4.56. The Hall–Kier alpha value is -2.36. The van der Waals surface area contributed by atoms with Gasteiger partial charge in [0, 0.05) is 25.3 Å². The van der Waals surface area contributed by atoms with E-state index in [0.717, 1.165) is 19.5 Å². The molecular weight excluding hydrogens is 291 g/mol. The number of rotatable bonds is 8.